The average Bonchev–Trinajstić information content (AvgIpc) is 3.13. The Labute approximate surface area is 160 Å². The van der Waals surface area contributed by atoms with Crippen molar-refractivity contribution in [2.75, 3.05) is 12.9 Å². The summed E-state index contributed by atoms with van der Waals surface area (Å²) in [7, 11) is 1.37. The monoisotopic (exact) mass is 381 g/mol. The Bertz CT molecular complexity index is 987. The standard InChI is InChI=1S/C20H19N3O3S/c1-26-20(25)13-5-6-15-16(11-22-17(15)10-13)19-23(18(24)7-9-27-19)12-14-4-2-3-8-21-14/h2-6,8,10-11,19,22H,7,9,12H2,1H3. The number of carbonyl (C=O) groups is 2. The fourth-order valence-corrected chi connectivity index (χ4v) is 4.58. The lowest BCUT2D eigenvalue weighted by Gasteiger charge is -2.35. The first kappa shape index (κ1) is 17.6. The molecule has 4 rings (SSSR count). The molecule has 1 aliphatic heterocycles. The number of methoxy groups -OCH3 is 1. The molecule has 0 bridgehead atoms. The number of pyridine rings is 1. The van der Waals surface area contributed by atoms with E-state index >= 15 is 0 Å². The molecular weight excluding hydrogens is 362 g/mol. The zero-order valence-corrected chi connectivity index (χ0v) is 15.7. The predicted molar refractivity (Wildman–Crippen MR) is 104 cm³/mol. The average molecular weight is 381 g/mol. The minimum Gasteiger partial charge on any atom is -0.465 e. The van der Waals surface area contributed by atoms with Crippen LogP contribution in [0.4, 0.5) is 0 Å². The third-order valence-electron chi connectivity index (χ3n) is 4.65. The smallest absolute Gasteiger partial charge is 0.337 e. The Kier molecular flexibility index (Phi) is 4.85. The van der Waals surface area contributed by atoms with Gasteiger partial charge in [-0.2, -0.15) is 0 Å². The van der Waals surface area contributed by atoms with Crippen LogP contribution in [0.2, 0.25) is 0 Å². The van der Waals surface area contributed by atoms with E-state index in [1.165, 1.54) is 7.11 Å². The largest absolute Gasteiger partial charge is 0.465 e. The molecule has 138 valence electrons. The van der Waals surface area contributed by atoms with Crippen molar-refractivity contribution in [1.29, 1.82) is 0 Å². The van der Waals surface area contributed by atoms with Crippen LogP contribution in [0.3, 0.4) is 0 Å². The predicted octanol–water partition coefficient (Wildman–Crippen LogP) is 3.51. The first-order chi connectivity index (χ1) is 13.2. The fourth-order valence-electron chi connectivity index (χ4n) is 3.31. The number of hydrogen-bond donors (Lipinski definition) is 1. The summed E-state index contributed by atoms with van der Waals surface area (Å²) < 4.78 is 4.79. The van der Waals surface area contributed by atoms with Crippen molar-refractivity contribution >= 4 is 34.5 Å². The number of nitrogens with one attached hydrogen (secondary N) is 1. The molecule has 7 heteroatoms. The van der Waals surface area contributed by atoms with Gasteiger partial charge in [0.2, 0.25) is 5.91 Å². The van der Waals surface area contributed by atoms with E-state index in [0.717, 1.165) is 27.9 Å². The molecule has 1 N–H and O–H groups in total. The summed E-state index contributed by atoms with van der Waals surface area (Å²) in [6.07, 6.45) is 4.20. The number of aromatic amines is 1. The van der Waals surface area contributed by atoms with Gasteiger partial charge >= 0.3 is 5.97 Å². The van der Waals surface area contributed by atoms with E-state index in [4.69, 9.17) is 4.74 Å². The van der Waals surface area contributed by atoms with Crippen LogP contribution in [0.1, 0.15) is 33.4 Å². The van der Waals surface area contributed by atoms with Crippen LogP contribution in [0.5, 0.6) is 0 Å². The number of amides is 1. The summed E-state index contributed by atoms with van der Waals surface area (Å²) in [4.78, 5) is 33.9. The van der Waals surface area contributed by atoms with E-state index in [9.17, 15) is 9.59 Å². The van der Waals surface area contributed by atoms with Crippen molar-refractivity contribution in [1.82, 2.24) is 14.9 Å². The number of fused-ring (bicyclic) bond motifs is 1. The molecule has 0 radical (unpaired) electrons. The van der Waals surface area contributed by atoms with Gasteiger partial charge in [-0.15, -0.1) is 11.8 Å². The molecule has 6 nitrogen and oxygen atoms in total. The first-order valence-electron chi connectivity index (χ1n) is 8.67. The van der Waals surface area contributed by atoms with Crippen LogP contribution < -0.4 is 0 Å². The van der Waals surface area contributed by atoms with E-state index < -0.39 is 0 Å². The van der Waals surface area contributed by atoms with Crippen molar-refractivity contribution in [2.45, 2.75) is 18.3 Å². The Hall–Kier alpha value is -2.80. The molecular formula is C20H19N3O3S. The number of rotatable bonds is 4. The zero-order chi connectivity index (χ0) is 18.8. The number of ether oxygens (including phenoxy) is 1. The van der Waals surface area contributed by atoms with Crippen LogP contribution >= 0.6 is 11.8 Å². The Morgan fingerprint density at radius 3 is 3.04 bits per heavy atom. The molecule has 1 unspecified atom stereocenters. The molecule has 0 aliphatic carbocycles. The summed E-state index contributed by atoms with van der Waals surface area (Å²) in [5.41, 5.74) is 3.25. The zero-order valence-electron chi connectivity index (χ0n) is 14.8. The van der Waals surface area contributed by atoms with Gasteiger partial charge in [0.15, 0.2) is 0 Å². The van der Waals surface area contributed by atoms with Gasteiger partial charge in [0.25, 0.3) is 0 Å². The van der Waals surface area contributed by atoms with Crippen LogP contribution in [0.15, 0.2) is 48.8 Å². The SMILES string of the molecule is COC(=O)c1ccc2c(C3SCCC(=O)N3Cc3ccccn3)c[nH]c2c1. The first-order valence-corrected chi connectivity index (χ1v) is 9.72. The highest BCUT2D eigenvalue weighted by atomic mass is 32.2. The molecule has 1 amide bonds. The molecule has 1 atom stereocenters. The van der Waals surface area contributed by atoms with E-state index in [0.29, 0.717) is 18.5 Å². The second kappa shape index (κ2) is 7.44. The van der Waals surface area contributed by atoms with Gasteiger partial charge < -0.3 is 14.6 Å². The van der Waals surface area contributed by atoms with Crippen LogP contribution in [-0.4, -0.2) is 39.6 Å². The number of carbonyl (C=O) groups excluding carboxylic acids is 2. The Balaban J connectivity index is 1.69. The van der Waals surface area contributed by atoms with Crippen molar-refractivity contribution in [3.63, 3.8) is 0 Å². The highest BCUT2D eigenvalue weighted by molar-refractivity contribution is 7.99. The highest BCUT2D eigenvalue weighted by Crippen LogP contribution is 2.41. The third kappa shape index (κ3) is 3.42. The number of thioether (sulfide) groups is 1. The highest BCUT2D eigenvalue weighted by Gasteiger charge is 2.31. The van der Waals surface area contributed by atoms with Gasteiger partial charge in [-0.1, -0.05) is 12.1 Å². The molecule has 27 heavy (non-hydrogen) atoms. The van der Waals surface area contributed by atoms with Gasteiger partial charge in [-0.05, 0) is 24.3 Å². The quantitative estimate of drug-likeness (QED) is 0.700. The third-order valence-corrected chi connectivity index (χ3v) is 5.92. The number of esters is 1. The number of hydrogen-bond acceptors (Lipinski definition) is 5. The van der Waals surface area contributed by atoms with Gasteiger partial charge in [0.05, 0.1) is 24.9 Å². The number of nitrogens with zero attached hydrogens (tertiary/aromatic N) is 2. The molecule has 1 fully saturated rings. The van der Waals surface area contributed by atoms with Crippen molar-refractivity contribution in [2.24, 2.45) is 0 Å². The lowest BCUT2D eigenvalue weighted by atomic mass is 10.1. The topological polar surface area (TPSA) is 75.3 Å². The number of H-pyrrole nitrogens is 1. The lowest BCUT2D eigenvalue weighted by Crippen LogP contribution is -2.36. The molecule has 0 saturated carbocycles. The lowest BCUT2D eigenvalue weighted by molar-refractivity contribution is -0.132. The van der Waals surface area contributed by atoms with Gasteiger partial charge in [-0.3, -0.25) is 9.78 Å². The molecule has 0 spiro atoms. The van der Waals surface area contributed by atoms with Gasteiger partial charge in [-0.25, -0.2) is 4.79 Å². The van der Waals surface area contributed by atoms with Crippen LogP contribution in [-0.2, 0) is 16.1 Å². The number of aromatic nitrogens is 2. The molecule has 3 heterocycles. The summed E-state index contributed by atoms with van der Waals surface area (Å²) in [6.45, 7) is 0.476. The summed E-state index contributed by atoms with van der Waals surface area (Å²) in [5.74, 6) is 0.548. The summed E-state index contributed by atoms with van der Waals surface area (Å²) in [5, 5.41) is 0.909. The molecule has 1 aliphatic rings. The van der Waals surface area contributed by atoms with Crippen LogP contribution in [0.25, 0.3) is 10.9 Å². The molecule has 1 aromatic carbocycles. The summed E-state index contributed by atoms with van der Waals surface area (Å²) >= 11 is 1.75. The maximum absolute atomic E-state index is 12.6. The van der Waals surface area contributed by atoms with Crippen molar-refractivity contribution in [3.8, 4) is 0 Å². The van der Waals surface area contributed by atoms with Gasteiger partial charge in [0, 0.05) is 41.0 Å². The molecule has 2 aromatic heterocycles. The summed E-state index contributed by atoms with van der Waals surface area (Å²) in [6, 6.07) is 11.2. The fraction of sp³-hybridized carbons (Fsp3) is 0.250. The normalized spacial score (nSPS) is 17.3. The van der Waals surface area contributed by atoms with E-state index in [1.807, 2.05) is 35.4 Å². The van der Waals surface area contributed by atoms with E-state index in [1.54, 1.807) is 30.1 Å². The van der Waals surface area contributed by atoms with E-state index in [-0.39, 0.29) is 17.3 Å². The molecule has 3 aromatic rings. The second-order valence-electron chi connectivity index (χ2n) is 6.31. The molecule has 1 saturated heterocycles. The van der Waals surface area contributed by atoms with Gasteiger partial charge in [0.1, 0.15) is 5.37 Å². The minimum absolute atomic E-state index is 0.0917. The Morgan fingerprint density at radius 1 is 1.37 bits per heavy atom. The Morgan fingerprint density at radius 2 is 2.26 bits per heavy atom. The van der Waals surface area contributed by atoms with Crippen LogP contribution in [0, 0.1) is 0 Å². The second-order valence-corrected chi connectivity index (χ2v) is 7.50. The number of benzene rings is 1. The maximum Gasteiger partial charge on any atom is 0.337 e. The maximum atomic E-state index is 12.6. The van der Waals surface area contributed by atoms with E-state index in [2.05, 4.69) is 9.97 Å². The van der Waals surface area contributed by atoms with Crippen molar-refractivity contribution in [3.05, 3.63) is 65.6 Å². The van der Waals surface area contributed by atoms with Crippen molar-refractivity contribution < 1.29 is 14.3 Å². The minimum atomic E-state index is -0.368.